The molecule has 2 aliphatic rings. The molecule has 1 aromatic rings. The molecule has 0 spiro atoms. The molecule has 3 rings (SSSR count). The second kappa shape index (κ2) is 2.98. The Morgan fingerprint density at radius 1 is 1.29 bits per heavy atom. The van der Waals surface area contributed by atoms with Crippen LogP contribution in [0.2, 0.25) is 0 Å². The van der Waals surface area contributed by atoms with E-state index in [4.69, 9.17) is 5.73 Å². The predicted molar refractivity (Wildman–Crippen MR) is 61.8 cm³/mol. The summed E-state index contributed by atoms with van der Waals surface area (Å²) in [5.41, 5.74) is 6.68. The van der Waals surface area contributed by atoms with Crippen molar-refractivity contribution in [1.29, 1.82) is 0 Å². The van der Waals surface area contributed by atoms with E-state index in [1.54, 1.807) is 6.07 Å². The SMILES string of the molecule is NC1(C2(c3ccc(O)c([N+](=O)[O-])c3)CC2)CC1. The molecule has 17 heavy (non-hydrogen) atoms. The molecule has 5 heteroatoms. The molecule has 0 heterocycles. The van der Waals surface area contributed by atoms with E-state index in [2.05, 4.69) is 0 Å². The third kappa shape index (κ3) is 1.35. The summed E-state index contributed by atoms with van der Waals surface area (Å²) in [5, 5.41) is 20.2. The number of benzene rings is 1. The lowest BCUT2D eigenvalue weighted by atomic mass is 9.86. The topological polar surface area (TPSA) is 89.4 Å². The third-order valence-electron chi connectivity index (χ3n) is 4.22. The molecule has 0 atom stereocenters. The van der Waals surface area contributed by atoms with Gasteiger partial charge in [-0.15, -0.1) is 0 Å². The van der Waals surface area contributed by atoms with E-state index in [0.29, 0.717) is 0 Å². The van der Waals surface area contributed by atoms with Gasteiger partial charge < -0.3 is 10.8 Å². The number of nitro benzene ring substituents is 1. The summed E-state index contributed by atoms with van der Waals surface area (Å²) in [6.45, 7) is 0. The van der Waals surface area contributed by atoms with Crippen molar-refractivity contribution >= 4 is 5.69 Å². The maximum Gasteiger partial charge on any atom is 0.310 e. The number of hydrogen-bond acceptors (Lipinski definition) is 4. The van der Waals surface area contributed by atoms with Crippen LogP contribution in [0.15, 0.2) is 18.2 Å². The van der Waals surface area contributed by atoms with E-state index < -0.39 is 4.92 Å². The van der Waals surface area contributed by atoms with Crippen molar-refractivity contribution in [3.05, 3.63) is 33.9 Å². The minimum atomic E-state index is -0.551. The van der Waals surface area contributed by atoms with Gasteiger partial charge in [-0.25, -0.2) is 0 Å². The van der Waals surface area contributed by atoms with Gasteiger partial charge in [0.15, 0.2) is 5.75 Å². The lowest BCUT2D eigenvalue weighted by molar-refractivity contribution is -0.385. The molecule has 2 saturated carbocycles. The quantitative estimate of drug-likeness (QED) is 0.616. The van der Waals surface area contributed by atoms with Crippen molar-refractivity contribution in [2.75, 3.05) is 0 Å². The fraction of sp³-hybridized carbons (Fsp3) is 0.500. The Morgan fingerprint density at radius 3 is 2.41 bits per heavy atom. The minimum Gasteiger partial charge on any atom is -0.502 e. The summed E-state index contributed by atoms with van der Waals surface area (Å²) in [5.74, 6) is -0.281. The van der Waals surface area contributed by atoms with E-state index in [-0.39, 0.29) is 22.4 Å². The van der Waals surface area contributed by atoms with Crippen molar-refractivity contribution < 1.29 is 10.0 Å². The zero-order chi connectivity index (χ0) is 12.3. The predicted octanol–water partition coefficient (Wildman–Crippen LogP) is 1.82. The molecule has 0 radical (unpaired) electrons. The molecule has 5 nitrogen and oxygen atoms in total. The molecule has 0 unspecified atom stereocenters. The normalized spacial score (nSPS) is 23.1. The highest BCUT2D eigenvalue weighted by atomic mass is 16.6. The highest BCUT2D eigenvalue weighted by Crippen LogP contribution is 2.64. The molecular formula is C12H14N2O3. The van der Waals surface area contributed by atoms with Crippen LogP contribution in [-0.2, 0) is 5.41 Å². The van der Waals surface area contributed by atoms with E-state index in [1.165, 1.54) is 12.1 Å². The Bertz CT molecular complexity index is 504. The van der Waals surface area contributed by atoms with Gasteiger partial charge in [-0.2, -0.15) is 0 Å². The van der Waals surface area contributed by atoms with Crippen LogP contribution in [0.1, 0.15) is 31.2 Å². The van der Waals surface area contributed by atoms with Crippen LogP contribution < -0.4 is 5.73 Å². The molecule has 0 amide bonds. The molecule has 0 bridgehead atoms. The van der Waals surface area contributed by atoms with E-state index in [9.17, 15) is 15.2 Å². The number of phenolic OH excluding ortho intramolecular Hbond substituents is 1. The van der Waals surface area contributed by atoms with Gasteiger partial charge in [0.1, 0.15) is 0 Å². The number of nitrogens with zero attached hydrogens (tertiary/aromatic N) is 1. The van der Waals surface area contributed by atoms with Crippen LogP contribution in [-0.4, -0.2) is 15.6 Å². The van der Waals surface area contributed by atoms with Crippen LogP contribution in [0.4, 0.5) is 5.69 Å². The molecule has 2 aliphatic carbocycles. The Balaban J connectivity index is 2.05. The second-order valence-corrected chi connectivity index (χ2v) is 5.20. The average Bonchev–Trinajstić information content (AvgIpc) is 3.14. The van der Waals surface area contributed by atoms with E-state index in [1.807, 2.05) is 0 Å². The Morgan fingerprint density at radius 2 is 1.94 bits per heavy atom. The molecule has 3 N–H and O–H groups in total. The van der Waals surface area contributed by atoms with Gasteiger partial charge in [0.25, 0.3) is 0 Å². The molecular weight excluding hydrogens is 220 g/mol. The molecule has 0 saturated heterocycles. The molecule has 0 aromatic heterocycles. The number of nitrogens with two attached hydrogens (primary N) is 1. The second-order valence-electron chi connectivity index (χ2n) is 5.20. The van der Waals surface area contributed by atoms with E-state index in [0.717, 1.165) is 31.2 Å². The lowest BCUT2D eigenvalue weighted by Crippen LogP contribution is -2.37. The molecule has 90 valence electrons. The number of aromatic hydroxyl groups is 1. The Hall–Kier alpha value is -1.62. The maximum absolute atomic E-state index is 10.8. The smallest absolute Gasteiger partial charge is 0.310 e. The number of rotatable bonds is 3. The monoisotopic (exact) mass is 234 g/mol. The number of nitro groups is 1. The van der Waals surface area contributed by atoms with Gasteiger partial charge in [0.2, 0.25) is 0 Å². The lowest BCUT2D eigenvalue weighted by Gasteiger charge is -2.23. The van der Waals surface area contributed by atoms with Crippen LogP contribution in [0.25, 0.3) is 0 Å². The average molecular weight is 234 g/mol. The maximum atomic E-state index is 10.8. The summed E-state index contributed by atoms with van der Waals surface area (Å²) < 4.78 is 0. The van der Waals surface area contributed by atoms with Crippen molar-refractivity contribution in [2.45, 2.75) is 36.6 Å². The fourth-order valence-electron chi connectivity index (χ4n) is 2.78. The first-order valence-electron chi connectivity index (χ1n) is 5.75. The molecule has 2 fully saturated rings. The van der Waals surface area contributed by atoms with Gasteiger partial charge in [0.05, 0.1) is 4.92 Å². The summed E-state index contributed by atoms with van der Waals surface area (Å²) >= 11 is 0. The molecule has 1 aromatic carbocycles. The highest BCUT2D eigenvalue weighted by molar-refractivity contribution is 5.52. The fourth-order valence-corrected chi connectivity index (χ4v) is 2.78. The van der Waals surface area contributed by atoms with Gasteiger partial charge in [-0.3, -0.25) is 10.1 Å². The first-order chi connectivity index (χ1) is 7.98. The summed E-state index contributed by atoms with van der Waals surface area (Å²) in [7, 11) is 0. The number of hydrogen-bond donors (Lipinski definition) is 2. The third-order valence-corrected chi connectivity index (χ3v) is 4.22. The van der Waals surface area contributed by atoms with Crippen molar-refractivity contribution in [2.24, 2.45) is 5.73 Å². The van der Waals surface area contributed by atoms with Gasteiger partial charge in [-0.1, -0.05) is 6.07 Å². The molecule has 0 aliphatic heterocycles. The van der Waals surface area contributed by atoms with Crippen molar-refractivity contribution in [1.82, 2.24) is 0 Å². The van der Waals surface area contributed by atoms with Gasteiger partial charge in [0, 0.05) is 17.0 Å². The summed E-state index contributed by atoms with van der Waals surface area (Å²) in [6, 6.07) is 4.65. The largest absolute Gasteiger partial charge is 0.502 e. The Labute approximate surface area is 98.4 Å². The minimum absolute atomic E-state index is 0.0779. The Kier molecular flexibility index (Phi) is 1.85. The zero-order valence-electron chi connectivity index (χ0n) is 9.35. The van der Waals surface area contributed by atoms with Crippen LogP contribution in [0.3, 0.4) is 0 Å². The van der Waals surface area contributed by atoms with E-state index >= 15 is 0 Å². The highest BCUT2D eigenvalue weighted by Gasteiger charge is 2.64. The standard InChI is InChI=1S/C12H14N2O3/c13-12(5-6-12)11(3-4-11)8-1-2-10(15)9(7-8)14(16)17/h1-2,7,15H,3-6,13H2. The first kappa shape index (κ1) is 10.5. The van der Waals surface area contributed by atoms with Gasteiger partial charge >= 0.3 is 5.69 Å². The number of phenols is 1. The van der Waals surface area contributed by atoms with Crippen LogP contribution in [0, 0.1) is 10.1 Å². The van der Waals surface area contributed by atoms with Crippen molar-refractivity contribution in [3.8, 4) is 5.75 Å². The van der Waals surface area contributed by atoms with Crippen LogP contribution >= 0.6 is 0 Å². The van der Waals surface area contributed by atoms with Gasteiger partial charge in [-0.05, 0) is 37.3 Å². The van der Waals surface area contributed by atoms with Crippen LogP contribution in [0.5, 0.6) is 5.75 Å². The first-order valence-corrected chi connectivity index (χ1v) is 5.75. The summed E-state index contributed by atoms with van der Waals surface area (Å²) in [6.07, 6.45) is 3.96. The zero-order valence-corrected chi connectivity index (χ0v) is 9.35. The van der Waals surface area contributed by atoms with Crippen molar-refractivity contribution in [3.63, 3.8) is 0 Å². The summed E-state index contributed by atoms with van der Waals surface area (Å²) in [4.78, 5) is 10.3.